The van der Waals surface area contributed by atoms with Crippen molar-refractivity contribution in [2.75, 3.05) is 19.6 Å². The summed E-state index contributed by atoms with van der Waals surface area (Å²) in [5, 5.41) is 3.44. The lowest BCUT2D eigenvalue weighted by molar-refractivity contribution is 0.192. The minimum absolute atomic E-state index is 0.644. The maximum atomic E-state index is 13.3. The monoisotopic (exact) mass is 280 g/mol. The molecule has 1 saturated carbocycles. The van der Waals surface area contributed by atoms with Crippen LogP contribution in [0.25, 0.3) is 0 Å². The van der Waals surface area contributed by atoms with Crippen LogP contribution >= 0.6 is 0 Å². The van der Waals surface area contributed by atoms with Gasteiger partial charge in [-0.25, -0.2) is 8.78 Å². The number of rotatable bonds is 5. The summed E-state index contributed by atoms with van der Waals surface area (Å²) in [5.41, 5.74) is 0.875. The highest BCUT2D eigenvalue weighted by molar-refractivity contribution is 5.18. The number of nitrogens with zero attached hydrogens (tertiary/aromatic N) is 1. The van der Waals surface area contributed by atoms with Gasteiger partial charge >= 0.3 is 0 Å². The van der Waals surface area contributed by atoms with E-state index in [1.165, 1.54) is 37.8 Å². The van der Waals surface area contributed by atoms with Gasteiger partial charge in [0.25, 0.3) is 0 Å². The van der Waals surface area contributed by atoms with Crippen molar-refractivity contribution in [3.8, 4) is 0 Å². The minimum atomic E-state index is -0.761. The fourth-order valence-electron chi connectivity index (χ4n) is 3.07. The molecule has 0 aromatic heterocycles. The third kappa shape index (κ3) is 3.55. The van der Waals surface area contributed by atoms with Crippen molar-refractivity contribution in [1.82, 2.24) is 10.2 Å². The zero-order chi connectivity index (χ0) is 13.9. The van der Waals surface area contributed by atoms with E-state index in [9.17, 15) is 8.78 Å². The minimum Gasteiger partial charge on any atom is -0.316 e. The van der Waals surface area contributed by atoms with Crippen LogP contribution in [-0.2, 0) is 6.54 Å². The van der Waals surface area contributed by atoms with Crippen molar-refractivity contribution >= 4 is 0 Å². The van der Waals surface area contributed by atoms with Crippen molar-refractivity contribution in [3.05, 3.63) is 35.4 Å². The molecule has 1 unspecified atom stereocenters. The highest BCUT2D eigenvalue weighted by Crippen LogP contribution is 2.30. The van der Waals surface area contributed by atoms with E-state index in [-0.39, 0.29) is 0 Å². The molecular formula is C16H22F2N2. The Bertz CT molecular complexity index is 454. The van der Waals surface area contributed by atoms with Gasteiger partial charge in [0.05, 0.1) is 0 Å². The first kappa shape index (κ1) is 14.0. The molecule has 4 heteroatoms. The number of benzene rings is 1. The first-order valence-corrected chi connectivity index (χ1v) is 7.61. The van der Waals surface area contributed by atoms with Gasteiger partial charge in [-0.15, -0.1) is 0 Å². The van der Waals surface area contributed by atoms with Crippen LogP contribution in [0.4, 0.5) is 8.78 Å². The largest absolute Gasteiger partial charge is 0.316 e. The Morgan fingerprint density at radius 2 is 2.00 bits per heavy atom. The molecule has 1 saturated heterocycles. The van der Waals surface area contributed by atoms with Crippen LogP contribution in [0.2, 0.25) is 0 Å². The predicted molar refractivity (Wildman–Crippen MR) is 75.4 cm³/mol. The lowest BCUT2D eigenvalue weighted by atomic mass is 9.98. The Morgan fingerprint density at radius 3 is 2.65 bits per heavy atom. The molecule has 0 radical (unpaired) electrons. The van der Waals surface area contributed by atoms with Gasteiger partial charge in [-0.3, -0.25) is 4.90 Å². The lowest BCUT2D eigenvalue weighted by Gasteiger charge is -2.30. The second-order valence-corrected chi connectivity index (χ2v) is 6.12. The summed E-state index contributed by atoms with van der Waals surface area (Å²) in [7, 11) is 0. The SMILES string of the molecule is Fc1ccc(CN(CC2CCCNC2)C2CC2)cc1F. The summed E-state index contributed by atoms with van der Waals surface area (Å²) in [4.78, 5) is 2.45. The van der Waals surface area contributed by atoms with E-state index in [2.05, 4.69) is 10.2 Å². The average Bonchev–Trinajstić information content (AvgIpc) is 3.28. The number of hydrogen-bond donors (Lipinski definition) is 1. The second kappa shape index (κ2) is 6.19. The molecule has 2 aliphatic rings. The van der Waals surface area contributed by atoms with Crippen LogP contribution in [0, 0.1) is 17.6 Å². The molecule has 2 fully saturated rings. The van der Waals surface area contributed by atoms with Crippen LogP contribution in [0.1, 0.15) is 31.2 Å². The molecule has 1 heterocycles. The van der Waals surface area contributed by atoms with Crippen LogP contribution in [0.3, 0.4) is 0 Å². The topological polar surface area (TPSA) is 15.3 Å². The molecule has 1 aromatic rings. The van der Waals surface area contributed by atoms with E-state index in [4.69, 9.17) is 0 Å². The molecule has 0 spiro atoms. The number of hydrogen-bond acceptors (Lipinski definition) is 2. The van der Waals surface area contributed by atoms with Crippen LogP contribution < -0.4 is 5.32 Å². The van der Waals surface area contributed by atoms with Gasteiger partial charge in [-0.1, -0.05) is 6.07 Å². The Hall–Kier alpha value is -1.00. The second-order valence-electron chi connectivity index (χ2n) is 6.12. The summed E-state index contributed by atoms with van der Waals surface area (Å²) >= 11 is 0. The fraction of sp³-hybridized carbons (Fsp3) is 0.625. The third-order valence-electron chi connectivity index (χ3n) is 4.32. The summed E-state index contributed by atoms with van der Waals surface area (Å²) in [6.45, 7) is 4.01. The van der Waals surface area contributed by atoms with Gasteiger partial charge in [0, 0.05) is 19.1 Å². The first-order chi connectivity index (χ1) is 9.72. The molecule has 0 bridgehead atoms. The normalized spacial score (nSPS) is 23.2. The zero-order valence-electron chi connectivity index (χ0n) is 11.7. The van der Waals surface area contributed by atoms with Crippen LogP contribution in [0.15, 0.2) is 18.2 Å². The predicted octanol–water partition coefficient (Wildman–Crippen LogP) is 2.93. The maximum Gasteiger partial charge on any atom is 0.159 e. The van der Waals surface area contributed by atoms with Crippen LogP contribution in [-0.4, -0.2) is 30.6 Å². The molecule has 1 aromatic carbocycles. The molecule has 1 N–H and O–H groups in total. The molecule has 0 amide bonds. The number of halogens is 2. The molecular weight excluding hydrogens is 258 g/mol. The quantitative estimate of drug-likeness (QED) is 0.892. The van der Waals surface area contributed by atoms with Crippen molar-refractivity contribution in [2.45, 2.75) is 38.3 Å². The highest BCUT2D eigenvalue weighted by atomic mass is 19.2. The molecule has 1 atom stereocenters. The zero-order valence-corrected chi connectivity index (χ0v) is 11.7. The maximum absolute atomic E-state index is 13.3. The van der Waals surface area contributed by atoms with Crippen LogP contribution in [0.5, 0.6) is 0 Å². The van der Waals surface area contributed by atoms with E-state index in [0.717, 1.165) is 31.7 Å². The smallest absolute Gasteiger partial charge is 0.159 e. The van der Waals surface area contributed by atoms with E-state index in [1.54, 1.807) is 6.07 Å². The molecule has 1 aliphatic carbocycles. The Labute approximate surface area is 119 Å². The van der Waals surface area contributed by atoms with Crippen molar-refractivity contribution < 1.29 is 8.78 Å². The Balaban J connectivity index is 1.62. The van der Waals surface area contributed by atoms with Crippen molar-refractivity contribution in [1.29, 1.82) is 0 Å². The van der Waals surface area contributed by atoms with Gasteiger partial charge in [0.2, 0.25) is 0 Å². The Kier molecular flexibility index (Phi) is 4.32. The van der Waals surface area contributed by atoms with E-state index >= 15 is 0 Å². The number of piperidine rings is 1. The third-order valence-corrected chi connectivity index (χ3v) is 4.32. The van der Waals surface area contributed by atoms with Crippen molar-refractivity contribution in [2.24, 2.45) is 5.92 Å². The summed E-state index contributed by atoms with van der Waals surface area (Å²) in [5.74, 6) is -0.810. The Morgan fingerprint density at radius 1 is 1.15 bits per heavy atom. The van der Waals surface area contributed by atoms with Gasteiger partial charge in [0.1, 0.15) is 0 Å². The molecule has 110 valence electrons. The molecule has 1 aliphatic heterocycles. The first-order valence-electron chi connectivity index (χ1n) is 7.61. The average molecular weight is 280 g/mol. The van der Waals surface area contributed by atoms with E-state index in [0.29, 0.717) is 12.0 Å². The summed E-state index contributed by atoms with van der Waals surface area (Å²) in [6.07, 6.45) is 5.00. The van der Waals surface area contributed by atoms with Gasteiger partial charge in [-0.05, 0) is 62.4 Å². The van der Waals surface area contributed by atoms with E-state index in [1.807, 2.05) is 0 Å². The van der Waals surface area contributed by atoms with Crippen molar-refractivity contribution in [3.63, 3.8) is 0 Å². The van der Waals surface area contributed by atoms with Gasteiger partial charge < -0.3 is 5.32 Å². The molecule has 3 rings (SSSR count). The highest BCUT2D eigenvalue weighted by Gasteiger charge is 2.31. The summed E-state index contributed by atoms with van der Waals surface area (Å²) in [6, 6.07) is 4.92. The van der Waals surface area contributed by atoms with Gasteiger partial charge in [0.15, 0.2) is 11.6 Å². The standard InChI is InChI=1S/C16H22F2N2/c17-15-6-3-12(8-16(15)18)10-20(14-4-5-14)11-13-2-1-7-19-9-13/h3,6,8,13-14,19H,1-2,4-5,7,9-11H2. The fourth-order valence-corrected chi connectivity index (χ4v) is 3.07. The number of nitrogens with one attached hydrogen (secondary N) is 1. The molecule has 2 nitrogen and oxygen atoms in total. The summed E-state index contributed by atoms with van der Waals surface area (Å²) < 4.78 is 26.3. The molecule has 20 heavy (non-hydrogen) atoms. The van der Waals surface area contributed by atoms with E-state index < -0.39 is 11.6 Å². The lowest BCUT2D eigenvalue weighted by Crippen LogP contribution is -2.39. The van der Waals surface area contributed by atoms with Gasteiger partial charge in [-0.2, -0.15) is 0 Å².